The fourth-order valence-corrected chi connectivity index (χ4v) is 2.74. The Labute approximate surface area is 97.8 Å². The van der Waals surface area contributed by atoms with E-state index in [1.807, 2.05) is 0 Å². The van der Waals surface area contributed by atoms with Crippen LogP contribution in [0.25, 0.3) is 0 Å². The summed E-state index contributed by atoms with van der Waals surface area (Å²) in [6, 6.07) is 0. The Bertz CT molecular complexity index is 146. The van der Waals surface area contributed by atoms with Crippen LogP contribution in [0.1, 0.15) is 80.1 Å². The molecule has 0 radical (unpaired) electrons. The molecule has 0 aromatic carbocycles. The van der Waals surface area contributed by atoms with Crippen molar-refractivity contribution in [1.29, 1.82) is 0 Å². The van der Waals surface area contributed by atoms with Crippen LogP contribution < -0.4 is 0 Å². The number of rotatable bonds is 2. The van der Waals surface area contributed by atoms with Gasteiger partial charge in [0.15, 0.2) is 0 Å². The molecule has 92 valence electrons. The maximum absolute atomic E-state index is 2.45. The van der Waals surface area contributed by atoms with Gasteiger partial charge in [-0.2, -0.15) is 0 Å². The van der Waals surface area contributed by atoms with E-state index in [-0.39, 0.29) is 0 Å². The summed E-state index contributed by atoms with van der Waals surface area (Å²) in [6.45, 7) is 13.9. The van der Waals surface area contributed by atoms with Crippen molar-refractivity contribution in [3.8, 4) is 0 Å². The molecule has 2 unspecified atom stereocenters. The lowest BCUT2D eigenvalue weighted by molar-refractivity contribution is 0.0985. The fourth-order valence-electron chi connectivity index (χ4n) is 2.74. The molecule has 0 spiro atoms. The molecule has 0 aliphatic heterocycles. The van der Waals surface area contributed by atoms with Crippen LogP contribution in [0.15, 0.2) is 0 Å². The molecule has 1 fully saturated rings. The highest BCUT2D eigenvalue weighted by atomic mass is 14.4. The minimum absolute atomic E-state index is 0.583. The molecule has 1 rings (SSSR count). The summed E-state index contributed by atoms with van der Waals surface area (Å²) in [4.78, 5) is 0. The predicted molar refractivity (Wildman–Crippen MR) is 71.2 cm³/mol. The Kier molecular flexibility index (Phi) is 7.30. The summed E-state index contributed by atoms with van der Waals surface area (Å²) in [5.41, 5.74) is 0.583. The van der Waals surface area contributed by atoms with Gasteiger partial charge in [-0.25, -0.2) is 0 Å². The quantitative estimate of drug-likeness (QED) is 0.553. The first kappa shape index (κ1) is 15.0. The van der Waals surface area contributed by atoms with Crippen LogP contribution in [0.3, 0.4) is 0 Å². The van der Waals surface area contributed by atoms with Crippen molar-refractivity contribution in [2.75, 3.05) is 0 Å². The summed E-state index contributed by atoms with van der Waals surface area (Å²) in [6.07, 6.45) is 8.47. The minimum atomic E-state index is 0.583. The van der Waals surface area contributed by atoms with E-state index in [1.54, 1.807) is 0 Å². The van der Waals surface area contributed by atoms with Crippen molar-refractivity contribution >= 4 is 0 Å². The van der Waals surface area contributed by atoms with Crippen LogP contribution in [0.5, 0.6) is 0 Å². The van der Waals surface area contributed by atoms with Gasteiger partial charge in [-0.05, 0) is 23.7 Å². The highest BCUT2D eigenvalue weighted by molar-refractivity contribution is 4.83. The van der Waals surface area contributed by atoms with E-state index >= 15 is 0 Å². The van der Waals surface area contributed by atoms with Crippen LogP contribution in [0, 0.1) is 17.3 Å². The second-order valence-electron chi connectivity index (χ2n) is 5.92. The third kappa shape index (κ3) is 5.04. The third-order valence-electron chi connectivity index (χ3n) is 4.03. The molecule has 0 amide bonds. The van der Waals surface area contributed by atoms with E-state index in [0.29, 0.717) is 5.41 Å². The molecule has 0 heterocycles. The smallest absolute Gasteiger partial charge is 0.0326 e. The van der Waals surface area contributed by atoms with Gasteiger partial charge < -0.3 is 0 Å². The molecule has 0 N–H and O–H groups in total. The maximum Gasteiger partial charge on any atom is -0.0326 e. The maximum atomic E-state index is 2.45. The molecule has 15 heavy (non-hydrogen) atoms. The zero-order valence-corrected chi connectivity index (χ0v) is 11.9. The van der Waals surface area contributed by atoms with Crippen LogP contribution in [-0.2, 0) is 0 Å². The molecule has 0 aromatic heterocycles. The summed E-state index contributed by atoms with van der Waals surface area (Å²) in [5, 5.41) is 0. The zero-order valence-electron chi connectivity index (χ0n) is 11.9. The summed E-state index contributed by atoms with van der Waals surface area (Å²) in [5.74, 6) is 1.95. The van der Waals surface area contributed by atoms with Gasteiger partial charge in [-0.1, -0.05) is 73.6 Å². The van der Waals surface area contributed by atoms with E-state index in [0.717, 1.165) is 11.8 Å². The molecule has 0 aromatic rings. The molecular formula is C15H32. The SMILES string of the molecule is CCC.CCC(C)(C)C1CCCCC1C. The molecule has 0 bridgehead atoms. The molecule has 0 nitrogen and oxygen atoms in total. The number of hydrogen-bond donors (Lipinski definition) is 0. The van der Waals surface area contributed by atoms with Crippen molar-refractivity contribution in [1.82, 2.24) is 0 Å². The Morgan fingerprint density at radius 2 is 1.47 bits per heavy atom. The molecular weight excluding hydrogens is 180 g/mol. The van der Waals surface area contributed by atoms with Crippen molar-refractivity contribution in [3.05, 3.63) is 0 Å². The first-order chi connectivity index (χ1) is 6.99. The van der Waals surface area contributed by atoms with Crippen LogP contribution in [0.4, 0.5) is 0 Å². The van der Waals surface area contributed by atoms with Crippen molar-refractivity contribution in [2.24, 2.45) is 17.3 Å². The first-order valence-electron chi connectivity index (χ1n) is 6.99. The molecule has 1 saturated carbocycles. The average Bonchev–Trinajstić information content (AvgIpc) is 2.19. The van der Waals surface area contributed by atoms with Crippen molar-refractivity contribution < 1.29 is 0 Å². The second kappa shape index (κ2) is 7.30. The van der Waals surface area contributed by atoms with Gasteiger partial charge >= 0.3 is 0 Å². The second-order valence-corrected chi connectivity index (χ2v) is 5.92. The van der Waals surface area contributed by atoms with E-state index < -0.39 is 0 Å². The van der Waals surface area contributed by atoms with Crippen molar-refractivity contribution in [2.45, 2.75) is 80.1 Å². The van der Waals surface area contributed by atoms with Crippen molar-refractivity contribution in [3.63, 3.8) is 0 Å². The van der Waals surface area contributed by atoms with Gasteiger partial charge in [0.25, 0.3) is 0 Å². The topological polar surface area (TPSA) is 0 Å². The minimum Gasteiger partial charge on any atom is -0.0656 e. The largest absolute Gasteiger partial charge is 0.0656 e. The summed E-state index contributed by atoms with van der Waals surface area (Å²) < 4.78 is 0. The monoisotopic (exact) mass is 212 g/mol. The van der Waals surface area contributed by atoms with E-state index in [1.165, 1.54) is 38.5 Å². The van der Waals surface area contributed by atoms with Crippen LogP contribution in [0.2, 0.25) is 0 Å². The Balaban J connectivity index is 0.000000583. The predicted octanol–water partition coefficient (Wildman–Crippen LogP) is 5.67. The van der Waals surface area contributed by atoms with Gasteiger partial charge in [-0.3, -0.25) is 0 Å². The van der Waals surface area contributed by atoms with Gasteiger partial charge in [0.2, 0.25) is 0 Å². The standard InChI is InChI=1S/C12H24.C3H8/c1-5-12(3,4)11-9-7-6-8-10(11)2;1-3-2/h10-11H,5-9H2,1-4H3;3H2,1-2H3. The zero-order chi connectivity index (χ0) is 11.9. The summed E-state index contributed by atoms with van der Waals surface area (Å²) >= 11 is 0. The van der Waals surface area contributed by atoms with E-state index in [2.05, 4.69) is 41.5 Å². The highest BCUT2D eigenvalue weighted by Gasteiger charge is 2.33. The lowest BCUT2D eigenvalue weighted by Gasteiger charge is -2.40. The van der Waals surface area contributed by atoms with Crippen LogP contribution >= 0.6 is 0 Å². The van der Waals surface area contributed by atoms with E-state index in [4.69, 9.17) is 0 Å². The molecule has 2 atom stereocenters. The van der Waals surface area contributed by atoms with Gasteiger partial charge in [0.1, 0.15) is 0 Å². The Morgan fingerprint density at radius 3 is 1.87 bits per heavy atom. The summed E-state index contributed by atoms with van der Waals surface area (Å²) in [7, 11) is 0. The molecule has 0 saturated heterocycles. The van der Waals surface area contributed by atoms with Gasteiger partial charge in [0.05, 0.1) is 0 Å². The number of hydrogen-bond acceptors (Lipinski definition) is 0. The lowest BCUT2D eigenvalue weighted by Crippen LogP contribution is -2.31. The Morgan fingerprint density at radius 1 is 1.00 bits per heavy atom. The third-order valence-corrected chi connectivity index (χ3v) is 4.03. The average molecular weight is 212 g/mol. The van der Waals surface area contributed by atoms with Gasteiger partial charge in [-0.15, -0.1) is 0 Å². The van der Waals surface area contributed by atoms with Gasteiger partial charge in [0, 0.05) is 0 Å². The molecule has 1 aliphatic carbocycles. The molecule has 1 aliphatic rings. The molecule has 0 heteroatoms. The first-order valence-corrected chi connectivity index (χ1v) is 6.99. The lowest BCUT2D eigenvalue weighted by atomic mass is 9.65. The fraction of sp³-hybridized carbons (Fsp3) is 1.00. The normalized spacial score (nSPS) is 26.8. The van der Waals surface area contributed by atoms with E-state index in [9.17, 15) is 0 Å². The Hall–Kier alpha value is 0. The van der Waals surface area contributed by atoms with Crippen LogP contribution in [-0.4, -0.2) is 0 Å². The highest BCUT2D eigenvalue weighted by Crippen LogP contribution is 2.43.